The van der Waals surface area contributed by atoms with Crippen molar-refractivity contribution < 1.29 is 9.32 Å². The van der Waals surface area contributed by atoms with Gasteiger partial charge < -0.3 is 9.42 Å². The van der Waals surface area contributed by atoms with E-state index in [1.54, 1.807) is 6.20 Å². The molecular formula is C18H22N4O2. The molecule has 24 heavy (non-hydrogen) atoms. The summed E-state index contributed by atoms with van der Waals surface area (Å²) in [6, 6.07) is 5.93. The highest BCUT2D eigenvalue weighted by atomic mass is 16.5. The van der Waals surface area contributed by atoms with Gasteiger partial charge in [-0.1, -0.05) is 11.2 Å². The van der Waals surface area contributed by atoms with Crippen molar-refractivity contribution in [3.05, 3.63) is 30.2 Å². The molecule has 4 rings (SSSR count). The highest BCUT2D eigenvalue weighted by Crippen LogP contribution is 2.34. The molecule has 3 heterocycles. The molecule has 6 heteroatoms. The predicted molar refractivity (Wildman–Crippen MR) is 87.9 cm³/mol. The zero-order valence-electron chi connectivity index (χ0n) is 13.7. The fourth-order valence-electron chi connectivity index (χ4n) is 3.39. The summed E-state index contributed by atoms with van der Waals surface area (Å²) in [6.07, 6.45) is 8.72. The first-order valence-corrected chi connectivity index (χ1v) is 8.83. The molecule has 1 saturated carbocycles. The number of carbonyl (C=O) groups is 1. The van der Waals surface area contributed by atoms with Gasteiger partial charge in [-0.25, -0.2) is 0 Å². The molecule has 0 radical (unpaired) electrons. The monoisotopic (exact) mass is 326 g/mol. The van der Waals surface area contributed by atoms with Crippen LogP contribution < -0.4 is 0 Å². The van der Waals surface area contributed by atoms with Gasteiger partial charge in [-0.05, 0) is 50.2 Å². The molecule has 1 aliphatic carbocycles. The second-order valence-corrected chi connectivity index (χ2v) is 6.80. The average Bonchev–Trinajstić information content (AvgIpc) is 3.12. The quantitative estimate of drug-likeness (QED) is 0.816. The first kappa shape index (κ1) is 15.3. The largest absolute Gasteiger partial charge is 0.340 e. The molecule has 1 saturated heterocycles. The van der Waals surface area contributed by atoms with E-state index in [2.05, 4.69) is 20.0 Å². The molecule has 0 bridgehead atoms. The van der Waals surface area contributed by atoms with Gasteiger partial charge in [0, 0.05) is 31.6 Å². The Bertz CT molecular complexity index is 696. The summed E-state index contributed by atoms with van der Waals surface area (Å²) in [5.74, 6) is 2.13. The minimum Gasteiger partial charge on any atom is -0.340 e. The first-order chi connectivity index (χ1) is 11.8. The Morgan fingerprint density at radius 1 is 1.29 bits per heavy atom. The Kier molecular flexibility index (Phi) is 4.28. The van der Waals surface area contributed by atoms with Gasteiger partial charge >= 0.3 is 0 Å². The molecule has 0 N–H and O–H groups in total. The minimum atomic E-state index is 0.327. The summed E-state index contributed by atoms with van der Waals surface area (Å²) < 4.78 is 5.30. The van der Waals surface area contributed by atoms with Gasteiger partial charge in [0.1, 0.15) is 5.69 Å². The third kappa shape index (κ3) is 3.47. The van der Waals surface area contributed by atoms with Gasteiger partial charge in [0.05, 0.1) is 0 Å². The number of amides is 1. The number of carbonyl (C=O) groups excluding carboxylic acids is 1. The van der Waals surface area contributed by atoms with Crippen LogP contribution in [0.2, 0.25) is 0 Å². The van der Waals surface area contributed by atoms with Crippen LogP contribution in [0.25, 0.3) is 11.6 Å². The third-order valence-electron chi connectivity index (χ3n) is 4.91. The van der Waals surface area contributed by atoms with E-state index in [1.165, 1.54) is 12.8 Å². The molecule has 0 spiro atoms. The maximum atomic E-state index is 12.4. The average molecular weight is 326 g/mol. The van der Waals surface area contributed by atoms with E-state index in [0.717, 1.165) is 38.6 Å². The lowest BCUT2D eigenvalue weighted by Gasteiger charge is -2.24. The molecule has 2 aromatic heterocycles. The molecule has 126 valence electrons. The van der Waals surface area contributed by atoms with Gasteiger partial charge in [0.25, 0.3) is 5.89 Å². The van der Waals surface area contributed by atoms with Crippen molar-refractivity contribution in [1.29, 1.82) is 0 Å². The Morgan fingerprint density at radius 3 is 3.00 bits per heavy atom. The number of hydrogen-bond donors (Lipinski definition) is 0. The minimum absolute atomic E-state index is 0.327. The Morgan fingerprint density at radius 2 is 2.21 bits per heavy atom. The van der Waals surface area contributed by atoms with E-state index in [-0.39, 0.29) is 0 Å². The van der Waals surface area contributed by atoms with Crippen LogP contribution in [-0.2, 0) is 11.2 Å². The van der Waals surface area contributed by atoms with Crippen molar-refractivity contribution in [2.75, 3.05) is 6.54 Å². The summed E-state index contributed by atoms with van der Waals surface area (Å²) in [5, 5.41) is 4.05. The highest BCUT2D eigenvalue weighted by Gasteiger charge is 2.32. The Hall–Kier alpha value is -2.24. The fourth-order valence-corrected chi connectivity index (χ4v) is 3.39. The van der Waals surface area contributed by atoms with E-state index in [0.29, 0.717) is 35.3 Å². The van der Waals surface area contributed by atoms with Crippen LogP contribution >= 0.6 is 0 Å². The topological polar surface area (TPSA) is 72.1 Å². The summed E-state index contributed by atoms with van der Waals surface area (Å²) in [6.45, 7) is 0.904. The lowest BCUT2D eigenvalue weighted by Crippen LogP contribution is -2.36. The molecule has 1 amide bonds. The summed E-state index contributed by atoms with van der Waals surface area (Å²) in [5.41, 5.74) is 0.693. The molecule has 1 aliphatic heterocycles. The standard InChI is InChI=1S/C18H22N4O2/c23-17(12-13-6-7-13)22-11-3-4-14(22)8-9-16-20-18(24-21-16)15-5-1-2-10-19-15/h1-2,5,10,13-14H,3-4,6-9,11-12H2/t14-/m1/s1. The number of pyridine rings is 1. The molecular weight excluding hydrogens is 304 g/mol. The number of nitrogens with zero attached hydrogens (tertiary/aromatic N) is 4. The van der Waals surface area contributed by atoms with Crippen molar-refractivity contribution in [2.24, 2.45) is 5.92 Å². The molecule has 2 aliphatic rings. The summed E-state index contributed by atoms with van der Waals surface area (Å²) in [7, 11) is 0. The van der Waals surface area contributed by atoms with Gasteiger partial charge in [0.2, 0.25) is 5.91 Å². The number of likely N-dealkylation sites (tertiary alicyclic amines) is 1. The van der Waals surface area contributed by atoms with Crippen LogP contribution in [0.15, 0.2) is 28.9 Å². The van der Waals surface area contributed by atoms with Crippen LogP contribution in [-0.4, -0.2) is 38.5 Å². The zero-order valence-corrected chi connectivity index (χ0v) is 13.7. The maximum absolute atomic E-state index is 12.4. The molecule has 2 fully saturated rings. The van der Waals surface area contributed by atoms with Crippen molar-refractivity contribution in [2.45, 2.75) is 51.0 Å². The normalized spacial score (nSPS) is 20.5. The van der Waals surface area contributed by atoms with E-state index in [1.807, 2.05) is 18.2 Å². The predicted octanol–water partition coefficient (Wildman–Crippen LogP) is 2.86. The van der Waals surface area contributed by atoms with Gasteiger partial charge in [-0.2, -0.15) is 4.98 Å². The van der Waals surface area contributed by atoms with E-state index in [9.17, 15) is 4.79 Å². The number of aromatic nitrogens is 3. The molecule has 2 aromatic rings. The van der Waals surface area contributed by atoms with Crippen LogP contribution in [0.3, 0.4) is 0 Å². The molecule has 0 aromatic carbocycles. The lowest BCUT2D eigenvalue weighted by atomic mass is 10.1. The zero-order chi connectivity index (χ0) is 16.4. The smallest absolute Gasteiger partial charge is 0.276 e. The van der Waals surface area contributed by atoms with Gasteiger partial charge in [-0.3, -0.25) is 9.78 Å². The van der Waals surface area contributed by atoms with Crippen molar-refractivity contribution >= 4 is 5.91 Å². The molecule has 1 atom stereocenters. The highest BCUT2D eigenvalue weighted by molar-refractivity contribution is 5.77. The van der Waals surface area contributed by atoms with Crippen molar-refractivity contribution in [1.82, 2.24) is 20.0 Å². The third-order valence-corrected chi connectivity index (χ3v) is 4.91. The number of rotatable bonds is 6. The van der Waals surface area contributed by atoms with Crippen LogP contribution in [0.5, 0.6) is 0 Å². The lowest BCUT2D eigenvalue weighted by molar-refractivity contribution is -0.132. The second kappa shape index (κ2) is 6.71. The van der Waals surface area contributed by atoms with Crippen LogP contribution in [0.1, 0.15) is 44.3 Å². The van der Waals surface area contributed by atoms with E-state index < -0.39 is 0 Å². The number of hydrogen-bond acceptors (Lipinski definition) is 5. The van der Waals surface area contributed by atoms with Gasteiger partial charge in [0.15, 0.2) is 5.82 Å². The molecule has 6 nitrogen and oxygen atoms in total. The molecule has 0 unspecified atom stereocenters. The Labute approximate surface area is 141 Å². The van der Waals surface area contributed by atoms with E-state index in [4.69, 9.17) is 4.52 Å². The first-order valence-electron chi connectivity index (χ1n) is 8.83. The summed E-state index contributed by atoms with van der Waals surface area (Å²) >= 11 is 0. The van der Waals surface area contributed by atoms with E-state index >= 15 is 0 Å². The van der Waals surface area contributed by atoms with Gasteiger partial charge in [-0.15, -0.1) is 0 Å². The fraction of sp³-hybridized carbons (Fsp3) is 0.556. The Balaban J connectivity index is 1.34. The second-order valence-electron chi connectivity index (χ2n) is 6.80. The number of aryl methyl sites for hydroxylation is 1. The summed E-state index contributed by atoms with van der Waals surface area (Å²) in [4.78, 5) is 23.1. The van der Waals surface area contributed by atoms with Crippen LogP contribution in [0, 0.1) is 5.92 Å². The maximum Gasteiger partial charge on any atom is 0.276 e. The SMILES string of the molecule is O=C(CC1CC1)N1CCC[C@@H]1CCc1noc(-c2ccccn2)n1. The van der Waals surface area contributed by atoms with Crippen LogP contribution in [0.4, 0.5) is 0 Å². The van der Waals surface area contributed by atoms with Crippen molar-refractivity contribution in [3.8, 4) is 11.6 Å². The van der Waals surface area contributed by atoms with Crippen molar-refractivity contribution in [3.63, 3.8) is 0 Å².